The number of amides is 2. The summed E-state index contributed by atoms with van der Waals surface area (Å²) in [6.07, 6.45) is 2.06. The zero-order valence-electron chi connectivity index (χ0n) is 22.5. The number of rotatable bonds is 4. The van der Waals surface area contributed by atoms with Crippen LogP contribution in [0.1, 0.15) is 74.1 Å². The maximum absolute atomic E-state index is 12.0. The molecular formula is C25H44N2O8. The number of carbonyl (C=O) groups is 4. The number of likely N-dealkylation sites (tertiary alicyclic amines) is 2. The molecule has 0 unspecified atom stereocenters. The molecule has 0 radical (unpaired) electrons. The highest BCUT2D eigenvalue weighted by Gasteiger charge is 2.41. The molecule has 2 fully saturated rings. The smallest absolute Gasteiger partial charge is 0.410 e. The molecule has 2 heterocycles. The molecule has 35 heavy (non-hydrogen) atoms. The number of esters is 1. The molecule has 2 rings (SSSR count). The number of methoxy groups -OCH3 is 1. The molecule has 202 valence electrons. The topological polar surface area (TPSA) is 134 Å². The minimum atomic E-state index is -0.912. The van der Waals surface area contributed by atoms with Gasteiger partial charge in [-0.3, -0.25) is 9.59 Å². The molecule has 2 atom stereocenters. The van der Waals surface area contributed by atoms with Gasteiger partial charge in [-0.1, -0.05) is 0 Å². The second-order valence-corrected chi connectivity index (χ2v) is 11.6. The fourth-order valence-electron chi connectivity index (χ4n) is 4.40. The number of carbonyl (C=O) groups excluding carboxylic acids is 2. The molecule has 2 aliphatic rings. The van der Waals surface area contributed by atoms with Crippen molar-refractivity contribution in [2.45, 2.75) is 79.8 Å². The summed E-state index contributed by atoms with van der Waals surface area (Å²) in [7, 11) is 1.36. The Morgan fingerprint density at radius 2 is 1.23 bits per heavy atom. The Kier molecular flexibility index (Phi) is 10.4. The van der Waals surface area contributed by atoms with Crippen LogP contribution in [-0.4, -0.2) is 83.0 Å². The highest BCUT2D eigenvalue weighted by atomic mass is 16.6. The van der Waals surface area contributed by atoms with Crippen LogP contribution < -0.4 is 0 Å². The SMILES string of the molecule is CC(C)(C)OC(=O)N1CCC[C@H](C(C)(C)C(=O)O)C1.COC(=O)C(C)(C)[C@H]1CCCN(C(=O)O)C1. The summed E-state index contributed by atoms with van der Waals surface area (Å²) >= 11 is 0. The Morgan fingerprint density at radius 3 is 1.66 bits per heavy atom. The second-order valence-electron chi connectivity index (χ2n) is 11.6. The molecular weight excluding hydrogens is 456 g/mol. The van der Waals surface area contributed by atoms with E-state index in [1.807, 2.05) is 34.6 Å². The lowest BCUT2D eigenvalue weighted by Gasteiger charge is -2.39. The molecule has 0 saturated carbocycles. The summed E-state index contributed by atoms with van der Waals surface area (Å²) in [5, 5.41) is 18.2. The van der Waals surface area contributed by atoms with Crippen molar-refractivity contribution >= 4 is 24.1 Å². The van der Waals surface area contributed by atoms with E-state index in [1.165, 1.54) is 12.0 Å². The Bertz CT molecular complexity index is 772. The van der Waals surface area contributed by atoms with Crippen LogP contribution in [0.4, 0.5) is 9.59 Å². The fourth-order valence-corrected chi connectivity index (χ4v) is 4.40. The molecule has 2 amide bonds. The van der Waals surface area contributed by atoms with Gasteiger partial charge in [-0.2, -0.15) is 0 Å². The number of hydrogen-bond donors (Lipinski definition) is 2. The molecule has 0 aromatic heterocycles. The number of aliphatic carboxylic acids is 1. The van der Waals surface area contributed by atoms with E-state index in [-0.39, 0.29) is 23.9 Å². The van der Waals surface area contributed by atoms with E-state index < -0.39 is 28.5 Å². The van der Waals surface area contributed by atoms with E-state index in [0.29, 0.717) is 26.2 Å². The van der Waals surface area contributed by atoms with Gasteiger partial charge >= 0.3 is 24.1 Å². The van der Waals surface area contributed by atoms with Crippen LogP contribution in [0.15, 0.2) is 0 Å². The van der Waals surface area contributed by atoms with E-state index >= 15 is 0 Å². The first-order valence-corrected chi connectivity index (χ1v) is 12.2. The van der Waals surface area contributed by atoms with E-state index in [4.69, 9.17) is 14.6 Å². The molecule has 0 spiro atoms. The van der Waals surface area contributed by atoms with Crippen LogP contribution in [0, 0.1) is 22.7 Å². The first-order valence-electron chi connectivity index (χ1n) is 12.2. The van der Waals surface area contributed by atoms with Gasteiger partial charge in [-0.15, -0.1) is 0 Å². The van der Waals surface area contributed by atoms with Gasteiger partial charge in [0.25, 0.3) is 0 Å². The number of piperidine rings is 2. The van der Waals surface area contributed by atoms with E-state index in [1.54, 1.807) is 18.7 Å². The first-order chi connectivity index (χ1) is 15.9. The number of hydrogen-bond acceptors (Lipinski definition) is 6. The highest BCUT2D eigenvalue weighted by molar-refractivity contribution is 5.76. The molecule has 10 nitrogen and oxygen atoms in total. The molecule has 2 saturated heterocycles. The molecule has 0 aromatic carbocycles. The molecule has 2 aliphatic heterocycles. The number of nitrogens with zero attached hydrogens (tertiary/aromatic N) is 2. The minimum Gasteiger partial charge on any atom is -0.481 e. The van der Waals surface area contributed by atoms with Gasteiger partial charge in [0.1, 0.15) is 5.60 Å². The summed E-state index contributed by atoms with van der Waals surface area (Å²) < 4.78 is 10.1. The maximum atomic E-state index is 12.0. The summed E-state index contributed by atoms with van der Waals surface area (Å²) in [5.41, 5.74) is -1.96. The predicted octanol–water partition coefficient (Wildman–Crippen LogP) is 4.32. The summed E-state index contributed by atoms with van der Waals surface area (Å²) in [6, 6.07) is 0. The lowest BCUT2D eigenvalue weighted by atomic mass is 9.74. The van der Waals surface area contributed by atoms with Gasteiger partial charge in [0.15, 0.2) is 0 Å². The summed E-state index contributed by atoms with van der Waals surface area (Å²) in [5.74, 6) is -1.09. The minimum absolute atomic E-state index is 0.0322. The average molecular weight is 501 g/mol. The van der Waals surface area contributed by atoms with Crippen molar-refractivity contribution in [2.24, 2.45) is 22.7 Å². The van der Waals surface area contributed by atoms with Gasteiger partial charge < -0.3 is 29.5 Å². The fraction of sp³-hybridized carbons (Fsp3) is 0.840. The van der Waals surface area contributed by atoms with Crippen molar-refractivity contribution in [3.8, 4) is 0 Å². The molecule has 0 aromatic rings. The van der Waals surface area contributed by atoms with Crippen LogP contribution in [0.3, 0.4) is 0 Å². The third-order valence-corrected chi connectivity index (χ3v) is 7.07. The molecule has 0 bridgehead atoms. The van der Waals surface area contributed by atoms with Gasteiger partial charge in [-0.05, 0) is 86.0 Å². The van der Waals surface area contributed by atoms with Crippen LogP contribution in [0.25, 0.3) is 0 Å². The Labute approximate surface area is 208 Å². The monoisotopic (exact) mass is 500 g/mol. The zero-order chi connectivity index (χ0) is 27.2. The standard InChI is InChI=1S/C14H25NO4.C11H19NO4/c1-13(2,3)19-12(18)15-8-6-7-10(9-15)14(4,5)11(16)17;1-11(2,9(13)16-3)8-5-4-6-12(7-8)10(14)15/h10H,6-9H2,1-5H3,(H,16,17);8H,4-7H2,1-3H3,(H,14,15)/t10-;8-/m00/s1. The highest BCUT2D eigenvalue weighted by Crippen LogP contribution is 2.35. The van der Waals surface area contributed by atoms with Gasteiger partial charge in [0.05, 0.1) is 17.9 Å². The lowest BCUT2D eigenvalue weighted by molar-refractivity contribution is -0.155. The largest absolute Gasteiger partial charge is 0.481 e. The normalized spacial score (nSPS) is 21.4. The third-order valence-electron chi connectivity index (χ3n) is 7.07. The van der Waals surface area contributed by atoms with Crippen LogP contribution in [-0.2, 0) is 19.1 Å². The Morgan fingerprint density at radius 1 is 0.771 bits per heavy atom. The predicted molar refractivity (Wildman–Crippen MR) is 130 cm³/mol. The summed E-state index contributed by atoms with van der Waals surface area (Å²) in [6.45, 7) is 14.6. The van der Waals surface area contributed by atoms with Crippen molar-refractivity contribution in [3.05, 3.63) is 0 Å². The Hall–Kier alpha value is -2.52. The van der Waals surface area contributed by atoms with Crippen molar-refractivity contribution < 1.29 is 38.9 Å². The summed E-state index contributed by atoms with van der Waals surface area (Å²) in [4.78, 5) is 48.8. The molecule has 10 heteroatoms. The lowest BCUT2D eigenvalue weighted by Crippen LogP contribution is -2.48. The maximum Gasteiger partial charge on any atom is 0.410 e. The van der Waals surface area contributed by atoms with Crippen LogP contribution >= 0.6 is 0 Å². The van der Waals surface area contributed by atoms with Gasteiger partial charge in [0.2, 0.25) is 0 Å². The van der Waals surface area contributed by atoms with Crippen molar-refractivity contribution in [3.63, 3.8) is 0 Å². The van der Waals surface area contributed by atoms with Crippen LogP contribution in [0.2, 0.25) is 0 Å². The first kappa shape index (κ1) is 30.5. The molecule has 0 aliphatic carbocycles. The number of carboxylic acid groups (broad SMARTS) is 2. The van der Waals surface area contributed by atoms with Crippen molar-refractivity contribution in [1.82, 2.24) is 9.80 Å². The van der Waals surface area contributed by atoms with E-state index in [9.17, 15) is 24.3 Å². The van der Waals surface area contributed by atoms with Crippen molar-refractivity contribution in [2.75, 3.05) is 33.3 Å². The number of carboxylic acids is 1. The van der Waals surface area contributed by atoms with Gasteiger partial charge in [0, 0.05) is 26.2 Å². The second kappa shape index (κ2) is 11.9. The third kappa shape index (κ3) is 8.58. The van der Waals surface area contributed by atoms with Crippen LogP contribution in [0.5, 0.6) is 0 Å². The quantitative estimate of drug-likeness (QED) is 0.545. The van der Waals surface area contributed by atoms with E-state index in [0.717, 1.165) is 25.7 Å². The molecule has 2 N–H and O–H groups in total. The Balaban J connectivity index is 0.000000355. The van der Waals surface area contributed by atoms with E-state index in [2.05, 4.69) is 0 Å². The average Bonchev–Trinajstić information content (AvgIpc) is 2.77. The number of ether oxygens (including phenoxy) is 2. The zero-order valence-corrected chi connectivity index (χ0v) is 22.5. The van der Waals surface area contributed by atoms with Crippen molar-refractivity contribution in [1.29, 1.82) is 0 Å². The van der Waals surface area contributed by atoms with Gasteiger partial charge in [-0.25, -0.2) is 9.59 Å².